The molecule has 0 saturated heterocycles. The number of anilines is 1. The zero-order valence-corrected chi connectivity index (χ0v) is 18.6. The molecule has 0 aliphatic carbocycles. The van der Waals surface area contributed by atoms with E-state index in [1.165, 1.54) is 0 Å². The number of carbonyl (C=O) groups excluding carboxylic acids is 3. The van der Waals surface area contributed by atoms with Crippen molar-refractivity contribution in [2.75, 3.05) is 19.5 Å². The van der Waals surface area contributed by atoms with Crippen LogP contribution in [0, 0.1) is 13.8 Å². The summed E-state index contributed by atoms with van der Waals surface area (Å²) in [7, 11) is 2.33. The van der Waals surface area contributed by atoms with E-state index in [0.29, 0.717) is 17.2 Å². The molecule has 0 spiro atoms. The number of rotatable bonds is 5. The largest absolute Gasteiger partial charge is 0.457 e. The van der Waals surface area contributed by atoms with E-state index < -0.39 is 12.2 Å². The van der Waals surface area contributed by atoms with Crippen LogP contribution in [0.15, 0.2) is 41.4 Å². The summed E-state index contributed by atoms with van der Waals surface area (Å²) in [6, 6.07) is 10.5. The van der Waals surface area contributed by atoms with Crippen molar-refractivity contribution in [2.24, 2.45) is 4.99 Å². The molecule has 0 aliphatic heterocycles. The molecule has 0 saturated carbocycles. The van der Waals surface area contributed by atoms with Crippen LogP contribution in [-0.2, 0) is 14.3 Å². The third-order valence-electron chi connectivity index (χ3n) is 4.32. The number of hydrogen-bond acceptors (Lipinski definition) is 7. The molecule has 0 heterocycles. The second kappa shape index (κ2) is 11.3. The van der Waals surface area contributed by atoms with Crippen LogP contribution in [0.4, 0.5) is 21.0 Å². The molecule has 0 atom stereocenters. The Bertz CT molecular complexity index is 1020. The van der Waals surface area contributed by atoms with Crippen molar-refractivity contribution in [1.82, 2.24) is 10.6 Å². The Labute approximate surface area is 186 Å². The van der Waals surface area contributed by atoms with Crippen molar-refractivity contribution in [3.63, 3.8) is 0 Å². The molecule has 0 unspecified atom stereocenters. The molecule has 170 valence electrons. The molecule has 3 amide bonds. The highest BCUT2D eigenvalue weighted by molar-refractivity contribution is 6.03. The molecule has 2 rings (SSSR count). The lowest BCUT2D eigenvalue weighted by Gasteiger charge is -2.13. The van der Waals surface area contributed by atoms with E-state index in [-0.39, 0.29) is 24.0 Å². The predicted octanol–water partition coefficient (Wildman–Crippen LogP) is 4.14. The van der Waals surface area contributed by atoms with Gasteiger partial charge < -0.3 is 19.5 Å². The first kappa shape index (κ1) is 24.2. The lowest BCUT2D eigenvalue weighted by Crippen LogP contribution is -2.43. The molecule has 0 fully saturated rings. The number of guanidine groups is 1. The fourth-order valence-electron chi connectivity index (χ4n) is 2.43. The summed E-state index contributed by atoms with van der Waals surface area (Å²) in [5.41, 5.74) is 2.77. The highest BCUT2D eigenvalue weighted by Crippen LogP contribution is 2.33. The fourth-order valence-corrected chi connectivity index (χ4v) is 2.43. The standard InChI is InChI=1S/C22H26N4O6/c1-6-19(27)23-17-10-9-16(32-15-8-7-13(2)14(3)11-15)12-18(17)24-20(25-21(28)30-4)26-22(29)31-5/h7-12H,6H2,1-5H3,(H,23,27)(H2,24,25,26,28,29). The predicted molar refractivity (Wildman–Crippen MR) is 120 cm³/mol. The van der Waals surface area contributed by atoms with E-state index in [9.17, 15) is 14.4 Å². The number of amides is 3. The molecule has 0 bridgehead atoms. The van der Waals surface area contributed by atoms with Crippen LogP contribution < -0.4 is 20.7 Å². The van der Waals surface area contributed by atoms with Gasteiger partial charge in [0.2, 0.25) is 11.9 Å². The van der Waals surface area contributed by atoms with Crippen LogP contribution in [0.2, 0.25) is 0 Å². The molecule has 3 N–H and O–H groups in total. The third kappa shape index (κ3) is 7.01. The Morgan fingerprint density at radius 2 is 1.47 bits per heavy atom. The summed E-state index contributed by atoms with van der Waals surface area (Å²) in [5.74, 6) is 0.540. The molecular formula is C22H26N4O6. The van der Waals surface area contributed by atoms with Crippen molar-refractivity contribution in [3.8, 4) is 11.5 Å². The lowest BCUT2D eigenvalue weighted by atomic mass is 10.1. The Morgan fingerprint density at radius 3 is 2.03 bits per heavy atom. The Hall–Kier alpha value is -4.08. The van der Waals surface area contributed by atoms with Gasteiger partial charge in [0.05, 0.1) is 25.6 Å². The minimum atomic E-state index is -0.859. The summed E-state index contributed by atoms with van der Waals surface area (Å²) in [6.45, 7) is 5.68. The lowest BCUT2D eigenvalue weighted by molar-refractivity contribution is -0.115. The van der Waals surface area contributed by atoms with E-state index >= 15 is 0 Å². The van der Waals surface area contributed by atoms with E-state index in [1.807, 2.05) is 32.0 Å². The maximum absolute atomic E-state index is 11.9. The maximum Gasteiger partial charge on any atom is 0.413 e. The molecule has 10 heteroatoms. The van der Waals surface area contributed by atoms with Gasteiger partial charge in [-0.1, -0.05) is 13.0 Å². The second-order valence-corrected chi connectivity index (χ2v) is 6.62. The van der Waals surface area contributed by atoms with Gasteiger partial charge in [0.15, 0.2) is 0 Å². The van der Waals surface area contributed by atoms with Gasteiger partial charge in [0.25, 0.3) is 0 Å². The first-order chi connectivity index (χ1) is 15.2. The SMILES string of the molecule is CCC(=O)Nc1ccc(Oc2ccc(C)c(C)c2)cc1N=C(NC(=O)OC)NC(=O)OC. The highest BCUT2D eigenvalue weighted by atomic mass is 16.5. The molecule has 2 aromatic rings. The number of nitrogens with zero attached hydrogens (tertiary/aromatic N) is 1. The number of hydrogen-bond donors (Lipinski definition) is 3. The Kier molecular flexibility index (Phi) is 8.58. The van der Waals surface area contributed by atoms with Gasteiger partial charge in [-0.3, -0.25) is 15.4 Å². The molecule has 2 aromatic carbocycles. The number of alkyl carbamates (subject to hydrolysis) is 2. The minimum Gasteiger partial charge on any atom is -0.457 e. The molecule has 10 nitrogen and oxygen atoms in total. The zero-order valence-electron chi connectivity index (χ0n) is 18.6. The summed E-state index contributed by atoms with van der Waals surface area (Å²) >= 11 is 0. The maximum atomic E-state index is 11.9. The van der Waals surface area contributed by atoms with Crippen LogP contribution in [0.3, 0.4) is 0 Å². The Balaban J connectivity index is 2.47. The summed E-state index contributed by atoms with van der Waals surface area (Å²) in [6.07, 6.45) is -1.47. The van der Waals surface area contributed by atoms with Gasteiger partial charge in [0, 0.05) is 12.5 Å². The zero-order chi connectivity index (χ0) is 23.7. The molecule has 0 aromatic heterocycles. The van der Waals surface area contributed by atoms with Gasteiger partial charge in [-0.25, -0.2) is 14.6 Å². The number of aryl methyl sites for hydroxylation is 2. The minimum absolute atomic E-state index is 0.218. The smallest absolute Gasteiger partial charge is 0.413 e. The van der Waals surface area contributed by atoms with Crippen molar-refractivity contribution in [2.45, 2.75) is 27.2 Å². The van der Waals surface area contributed by atoms with Crippen LogP contribution in [0.5, 0.6) is 11.5 Å². The number of benzene rings is 2. The molecule has 0 radical (unpaired) electrons. The summed E-state index contributed by atoms with van der Waals surface area (Å²) < 4.78 is 15.0. The van der Waals surface area contributed by atoms with Crippen LogP contribution in [-0.4, -0.2) is 38.3 Å². The van der Waals surface area contributed by atoms with E-state index in [0.717, 1.165) is 25.3 Å². The second-order valence-electron chi connectivity index (χ2n) is 6.62. The monoisotopic (exact) mass is 442 g/mol. The molecule has 32 heavy (non-hydrogen) atoms. The van der Waals surface area contributed by atoms with E-state index in [2.05, 4.69) is 30.4 Å². The van der Waals surface area contributed by atoms with Crippen LogP contribution in [0.1, 0.15) is 24.5 Å². The average molecular weight is 442 g/mol. The summed E-state index contributed by atoms with van der Waals surface area (Å²) in [4.78, 5) is 39.5. The van der Waals surface area contributed by atoms with E-state index in [4.69, 9.17) is 4.74 Å². The fraction of sp³-hybridized carbons (Fsp3) is 0.273. The average Bonchev–Trinajstić information content (AvgIpc) is 2.77. The molecular weight excluding hydrogens is 416 g/mol. The number of methoxy groups -OCH3 is 2. The van der Waals surface area contributed by atoms with Gasteiger partial charge in [-0.05, 0) is 49.2 Å². The van der Waals surface area contributed by atoms with Crippen molar-refractivity contribution in [3.05, 3.63) is 47.5 Å². The van der Waals surface area contributed by atoms with Gasteiger partial charge in [-0.15, -0.1) is 0 Å². The topological polar surface area (TPSA) is 127 Å². The Morgan fingerprint density at radius 1 is 0.875 bits per heavy atom. The number of ether oxygens (including phenoxy) is 3. The van der Waals surface area contributed by atoms with Crippen LogP contribution in [0.25, 0.3) is 0 Å². The quantitative estimate of drug-likeness (QED) is 0.472. The van der Waals surface area contributed by atoms with Gasteiger partial charge >= 0.3 is 12.2 Å². The van der Waals surface area contributed by atoms with Gasteiger partial charge in [0.1, 0.15) is 11.5 Å². The van der Waals surface area contributed by atoms with Crippen molar-refractivity contribution in [1.29, 1.82) is 0 Å². The van der Waals surface area contributed by atoms with Crippen molar-refractivity contribution >= 4 is 35.4 Å². The summed E-state index contributed by atoms with van der Waals surface area (Å²) in [5, 5.41) is 7.28. The highest BCUT2D eigenvalue weighted by Gasteiger charge is 2.14. The van der Waals surface area contributed by atoms with Crippen LogP contribution >= 0.6 is 0 Å². The third-order valence-corrected chi connectivity index (χ3v) is 4.32. The van der Waals surface area contributed by atoms with E-state index in [1.54, 1.807) is 25.1 Å². The number of carbonyl (C=O) groups is 3. The molecule has 0 aliphatic rings. The van der Waals surface area contributed by atoms with Crippen molar-refractivity contribution < 1.29 is 28.6 Å². The number of aliphatic imine (C=N–C) groups is 1. The first-order valence-electron chi connectivity index (χ1n) is 9.73. The normalized spacial score (nSPS) is 9.91. The first-order valence-corrected chi connectivity index (χ1v) is 9.73. The number of nitrogens with one attached hydrogen (secondary N) is 3. The van der Waals surface area contributed by atoms with Gasteiger partial charge in [-0.2, -0.15) is 0 Å².